The summed E-state index contributed by atoms with van der Waals surface area (Å²) >= 11 is 0. The smallest absolute Gasteiger partial charge is 0.193 e. The van der Waals surface area contributed by atoms with Crippen molar-refractivity contribution in [2.45, 2.75) is 43.9 Å². The summed E-state index contributed by atoms with van der Waals surface area (Å²) in [6.07, 6.45) is 1.90. The van der Waals surface area contributed by atoms with E-state index >= 15 is 4.39 Å². The first kappa shape index (κ1) is 24.8. The third kappa shape index (κ3) is 4.96. The lowest BCUT2D eigenvalue weighted by molar-refractivity contribution is 0.00794. The number of benzene rings is 2. The highest BCUT2D eigenvalue weighted by molar-refractivity contribution is 5.81. The molecule has 6 rings (SSSR count). The maximum atomic E-state index is 15.0. The van der Waals surface area contributed by atoms with Gasteiger partial charge in [0.05, 0.1) is 29.8 Å². The molecule has 2 aliphatic heterocycles. The van der Waals surface area contributed by atoms with Gasteiger partial charge in [-0.2, -0.15) is 0 Å². The average molecular weight is 517 g/mol. The molecule has 4 aromatic rings. The molecule has 2 aromatic carbocycles. The van der Waals surface area contributed by atoms with E-state index in [0.29, 0.717) is 29.1 Å². The molecule has 0 radical (unpaired) electrons. The van der Waals surface area contributed by atoms with Gasteiger partial charge in [-0.1, -0.05) is 60.7 Å². The number of ether oxygens (including phenoxy) is 3. The van der Waals surface area contributed by atoms with Crippen LogP contribution in [-0.4, -0.2) is 63.4 Å². The third-order valence-corrected chi connectivity index (χ3v) is 6.88. The van der Waals surface area contributed by atoms with Crippen LogP contribution in [-0.2, 0) is 9.47 Å². The number of aliphatic hydroxyl groups is 2. The van der Waals surface area contributed by atoms with E-state index in [9.17, 15) is 10.2 Å². The van der Waals surface area contributed by atoms with Gasteiger partial charge in [0.25, 0.3) is 0 Å². The number of aromatic amines is 1. The van der Waals surface area contributed by atoms with Crippen molar-refractivity contribution in [2.75, 3.05) is 13.2 Å². The monoisotopic (exact) mass is 516 g/mol. The largest absolute Gasteiger partial charge is 0.470 e. The Hall–Kier alpha value is -3.56. The molecular weight excluding hydrogens is 487 g/mol. The molecule has 8 heteroatoms. The molecule has 1 unspecified atom stereocenters. The zero-order valence-corrected chi connectivity index (χ0v) is 21.1. The minimum atomic E-state index is -0.862. The number of H-pyrrole nitrogens is 1. The predicted molar refractivity (Wildman–Crippen MR) is 142 cm³/mol. The van der Waals surface area contributed by atoms with Gasteiger partial charge in [0.15, 0.2) is 17.8 Å². The quantitative estimate of drug-likeness (QED) is 0.343. The van der Waals surface area contributed by atoms with Gasteiger partial charge in [-0.3, -0.25) is 0 Å². The summed E-state index contributed by atoms with van der Waals surface area (Å²) < 4.78 is 32.3. The lowest BCUT2D eigenvalue weighted by Crippen LogP contribution is -2.34. The van der Waals surface area contributed by atoms with Gasteiger partial charge in [0.1, 0.15) is 24.0 Å². The molecule has 0 saturated carbocycles. The highest BCUT2D eigenvalue weighted by atomic mass is 19.1. The lowest BCUT2D eigenvalue weighted by Gasteiger charge is -2.16. The molecule has 0 bridgehead atoms. The summed E-state index contributed by atoms with van der Waals surface area (Å²) in [6, 6.07) is 18.8. The van der Waals surface area contributed by atoms with E-state index in [1.165, 1.54) is 6.07 Å². The van der Waals surface area contributed by atoms with E-state index in [2.05, 4.69) is 9.97 Å². The van der Waals surface area contributed by atoms with Crippen molar-refractivity contribution in [1.29, 1.82) is 0 Å². The summed E-state index contributed by atoms with van der Waals surface area (Å²) in [4.78, 5) is 7.62. The normalized spacial score (nSPS) is 23.4. The molecule has 196 valence electrons. The van der Waals surface area contributed by atoms with Crippen molar-refractivity contribution in [3.8, 4) is 28.3 Å². The van der Waals surface area contributed by atoms with Gasteiger partial charge in [0.2, 0.25) is 0 Å². The maximum Gasteiger partial charge on any atom is 0.193 e. The van der Waals surface area contributed by atoms with Crippen LogP contribution in [0.3, 0.4) is 0 Å². The van der Waals surface area contributed by atoms with E-state index in [-0.39, 0.29) is 30.6 Å². The first-order valence-electron chi connectivity index (χ1n) is 12.6. The summed E-state index contributed by atoms with van der Waals surface area (Å²) in [5.74, 6) is 0.00703. The van der Waals surface area contributed by atoms with Gasteiger partial charge in [-0.25, -0.2) is 9.37 Å². The zero-order valence-electron chi connectivity index (χ0n) is 21.1. The van der Waals surface area contributed by atoms with Gasteiger partial charge in [0, 0.05) is 17.7 Å². The molecule has 2 aromatic heterocycles. The molecule has 0 aliphatic carbocycles. The van der Waals surface area contributed by atoms with Crippen molar-refractivity contribution in [3.05, 3.63) is 78.1 Å². The second-order valence-electron chi connectivity index (χ2n) is 10.4. The standard InChI is InChI=1S/C30H29FN2O5/c1-30(2,35)12-11-17-3-5-18(6-4-17)19-7-9-20(10-8-19)27-21(31)13-22-23(33-27)14-26(32-22)38-25-16-37-28-24(34)15-36-29(25)28/h3-14,24-25,28-29,32,34-35H,15-16H2,1-2H3/b12-11+/t24-,25-,28?,29-/m1/s1. The first-order chi connectivity index (χ1) is 18.2. The van der Waals surface area contributed by atoms with Crippen LogP contribution in [0.2, 0.25) is 0 Å². The van der Waals surface area contributed by atoms with E-state index < -0.39 is 17.5 Å². The Labute approximate surface area is 219 Å². The molecule has 3 N–H and O–H groups in total. The second-order valence-corrected chi connectivity index (χ2v) is 10.4. The predicted octanol–water partition coefficient (Wildman–Crippen LogP) is 4.73. The fourth-order valence-electron chi connectivity index (χ4n) is 4.89. The van der Waals surface area contributed by atoms with Crippen LogP contribution in [0.25, 0.3) is 39.5 Å². The van der Waals surface area contributed by atoms with E-state index in [1.807, 2.05) is 54.6 Å². The third-order valence-electron chi connectivity index (χ3n) is 6.88. The van der Waals surface area contributed by atoms with Crippen molar-refractivity contribution in [1.82, 2.24) is 9.97 Å². The lowest BCUT2D eigenvalue weighted by atomic mass is 10.0. The van der Waals surface area contributed by atoms with Crippen LogP contribution >= 0.6 is 0 Å². The Morgan fingerprint density at radius 2 is 1.63 bits per heavy atom. The first-order valence-corrected chi connectivity index (χ1v) is 12.6. The highest BCUT2D eigenvalue weighted by Crippen LogP contribution is 2.32. The zero-order chi connectivity index (χ0) is 26.4. The van der Waals surface area contributed by atoms with Crippen LogP contribution in [0.15, 0.2) is 66.7 Å². The van der Waals surface area contributed by atoms with Gasteiger partial charge in [-0.05, 0) is 30.5 Å². The van der Waals surface area contributed by atoms with Crippen LogP contribution in [0, 0.1) is 5.82 Å². The SMILES string of the molecule is CC(C)(O)/C=C/c1ccc(-c2ccc(-c3nc4cc(O[C@@H]5COC6[C@H](O)CO[C@@H]65)[nH]c4cc3F)cc2)cc1. The summed E-state index contributed by atoms with van der Waals surface area (Å²) in [5, 5.41) is 19.8. The molecule has 2 saturated heterocycles. The van der Waals surface area contributed by atoms with Crippen LogP contribution in [0.4, 0.5) is 4.39 Å². The van der Waals surface area contributed by atoms with Gasteiger partial charge >= 0.3 is 0 Å². The Kier molecular flexibility index (Phi) is 6.28. The molecule has 2 aliphatic rings. The van der Waals surface area contributed by atoms with Crippen molar-refractivity contribution < 1.29 is 28.8 Å². The minimum Gasteiger partial charge on any atom is -0.470 e. The Morgan fingerprint density at radius 3 is 2.34 bits per heavy atom. The molecular formula is C30H29FN2O5. The molecule has 0 spiro atoms. The number of hydrogen-bond acceptors (Lipinski definition) is 6. The van der Waals surface area contributed by atoms with Crippen LogP contribution in [0.5, 0.6) is 5.88 Å². The molecule has 4 atom stereocenters. The summed E-state index contributed by atoms with van der Waals surface area (Å²) in [7, 11) is 0. The Balaban J connectivity index is 1.19. The molecule has 0 amide bonds. The number of nitrogens with one attached hydrogen (secondary N) is 1. The highest BCUT2D eigenvalue weighted by Gasteiger charge is 2.48. The van der Waals surface area contributed by atoms with Crippen molar-refractivity contribution >= 4 is 17.1 Å². The van der Waals surface area contributed by atoms with E-state index in [0.717, 1.165) is 16.7 Å². The average Bonchev–Trinajstić information content (AvgIpc) is 3.59. The fourth-order valence-corrected chi connectivity index (χ4v) is 4.89. The fraction of sp³-hybridized carbons (Fsp3) is 0.300. The topological polar surface area (TPSA) is 96.8 Å². The molecule has 7 nitrogen and oxygen atoms in total. The van der Waals surface area contributed by atoms with E-state index in [1.54, 1.807) is 26.0 Å². The Bertz CT molecular complexity index is 1470. The number of nitrogens with zero attached hydrogens (tertiary/aromatic N) is 1. The minimum absolute atomic E-state index is 0.225. The maximum absolute atomic E-state index is 15.0. The molecule has 2 fully saturated rings. The number of aliphatic hydroxyl groups excluding tert-OH is 1. The number of fused-ring (bicyclic) bond motifs is 2. The summed E-state index contributed by atoms with van der Waals surface area (Å²) in [6.45, 7) is 4.00. The number of rotatable bonds is 6. The van der Waals surface area contributed by atoms with Crippen LogP contribution < -0.4 is 4.74 Å². The summed E-state index contributed by atoms with van der Waals surface area (Å²) in [5.41, 5.74) is 4.20. The van der Waals surface area contributed by atoms with Crippen molar-refractivity contribution in [3.63, 3.8) is 0 Å². The second kappa shape index (κ2) is 9.63. The number of pyridine rings is 1. The number of halogens is 1. The van der Waals surface area contributed by atoms with Gasteiger partial charge < -0.3 is 29.4 Å². The van der Waals surface area contributed by atoms with E-state index in [4.69, 9.17) is 14.2 Å². The number of aromatic nitrogens is 2. The van der Waals surface area contributed by atoms with Crippen molar-refractivity contribution in [2.24, 2.45) is 0 Å². The molecule has 38 heavy (non-hydrogen) atoms. The number of hydrogen-bond donors (Lipinski definition) is 3. The molecule has 4 heterocycles. The Morgan fingerprint density at radius 1 is 0.974 bits per heavy atom. The van der Waals surface area contributed by atoms with Gasteiger partial charge in [-0.15, -0.1) is 0 Å². The van der Waals surface area contributed by atoms with Crippen LogP contribution in [0.1, 0.15) is 19.4 Å².